The third kappa shape index (κ3) is 1.25. The second-order valence-corrected chi connectivity index (χ2v) is 5.73. The Morgan fingerprint density at radius 2 is 2.24 bits per heavy atom. The van der Waals surface area contributed by atoms with Gasteiger partial charge in [0.25, 0.3) is 0 Å². The summed E-state index contributed by atoms with van der Waals surface area (Å²) >= 11 is 0. The monoisotopic (exact) mass is 228 g/mol. The van der Waals surface area contributed by atoms with Crippen molar-refractivity contribution in [3.8, 4) is 5.75 Å². The van der Waals surface area contributed by atoms with Gasteiger partial charge in [-0.2, -0.15) is 0 Å². The van der Waals surface area contributed by atoms with Gasteiger partial charge in [0, 0.05) is 29.6 Å². The lowest BCUT2D eigenvalue weighted by atomic mass is 9.45. The van der Waals surface area contributed by atoms with Crippen LogP contribution in [0.3, 0.4) is 0 Å². The van der Waals surface area contributed by atoms with E-state index in [4.69, 9.17) is 4.74 Å². The van der Waals surface area contributed by atoms with Crippen LogP contribution in [0.1, 0.15) is 24.8 Å². The minimum atomic E-state index is 0.540. The molecule has 0 spiro atoms. The van der Waals surface area contributed by atoms with Crippen molar-refractivity contribution in [2.45, 2.75) is 26.2 Å². The molecule has 0 aliphatic heterocycles. The smallest absolute Gasteiger partial charge is 0.143 e. The molecule has 0 N–H and O–H groups in total. The van der Waals surface area contributed by atoms with Crippen LogP contribution in [0.4, 0.5) is 0 Å². The molecule has 3 fully saturated rings. The molecule has 3 saturated carbocycles. The summed E-state index contributed by atoms with van der Waals surface area (Å²) in [6.07, 6.45) is 9.97. The van der Waals surface area contributed by atoms with Crippen molar-refractivity contribution in [1.82, 2.24) is 9.38 Å². The van der Waals surface area contributed by atoms with Gasteiger partial charge in [0.05, 0.1) is 6.61 Å². The fourth-order valence-electron chi connectivity index (χ4n) is 3.33. The molecule has 0 unspecified atom stereocenters. The van der Waals surface area contributed by atoms with Crippen LogP contribution in [0.25, 0.3) is 5.65 Å². The molecular weight excluding hydrogens is 212 g/mol. The van der Waals surface area contributed by atoms with Gasteiger partial charge in [-0.3, -0.25) is 0 Å². The highest BCUT2D eigenvalue weighted by Gasteiger charge is 2.56. The second-order valence-electron chi connectivity index (χ2n) is 5.73. The maximum atomic E-state index is 6.01. The molecule has 88 valence electrons. The Labute approximate surface area is 100 Å². The summed E-state index contributed by atoms with van der Waals surface area (Å²) in [6, 6.07) is 2.05. The van der Waals surface area contributed by atoms with Gasteiger partial charge in [-0.15, -0.1) is 0 Å². The molecule has 0 atom stereocenters. The van der Waals surface area contributed by atoms with E-state index in [9.17, 15) is 0 Å². The minimum Gasteiger partial charge on any atom is -0.493 e. The molecule has 0 amide bonds. The molecule has 2 aromatic rings. The molecule has 5 rings (SSSR count). The maximum absolute atomic E-state index is 6.01. The van der Waals surface area contributed by atoms with Crippen molar-refractivity contribution in [3.63, 3.8) is 0 Å². The average molecular weight is 228 g/mol. The zero-order valence-electron chi connectivity index (χ0n) is 10.0. The normalized spacial score (nSPS) is 29.8. The number of hydrogen-bond acceptors (Lipinski definition) is 2. The first-order valence-corrected chi connectivity index (χ1v) is 6.31. The van der Waals surface area contributed by atoms with Gasteiger partial charge in [-0.1, -0.05) is 0 Å². The van der Waals surface area contributed by atoms with E-state index in [0.29, 0.717) is 5.41 Å². The maximum Gasteiger partial charge on any atom is 0.143 e. The van der Waals surface area contributed by atoms with Crippen LogP contribution < -0.4 is 4.74 Å². The Bertz CT molecular complexity index is 570. The first kappa shape index (κ1) is 9.51. The zero-order valence-corrected chi connectivity index (χ0v) is 10.0. The molecule has 0 radical (unpaired) electrons. The molecule has 2 bridgehead atoms. The van der Waals surface area contributed by atoms with Crippen molar-refractivity contribution in [3.05, 3.63) is 30.2 Å². The van der Waals surface area contributed by atoms with Crippen molar-refractivity contribution < 1.29 is 4.74 Å². The van der Waals surface area contributed by atoms with Gasteiger partial charge < -0.3 is 9.14 Å². The molecule has 0 aromatic carbocycles. The summed E-state index contributed by atoms with van der Waals surface area (Å²) in [4.78, 5) is 4.35. The molecule has 17 heavy (non-hydrogen) atoms. The average Bonchev–Trinajstić information content (AvgIpc) is 2.65. The Morgan fingerprint density at radius 1 is 1.41 bits per heavy atom. The van der Waals surface area contributed by atoms with Crippen molar-refractivity contribution in [1.29, 1.82) is 0 Å². The fourth-order valence-corrected chi connectivity index (χ4v) is 3.33. The number of rotatable bonds is 3. The summed E-state index contributed by atoms with van der Waals surface area (Å²) in [5.41, 5.74) is 2.68. The van der Waals surface area contributed by atoms with E-state index in [2.05, 4.69) is 18.0 Å². The number of aryl methyl sites for hydroxylation is 1. The van der Waals surface area contributed by atoms with Gasteiger partial charge >= 0.3 is 0 Å². The van der Waals surface area contributed by atoms with Gasteiger partial charge in [0.2, 0.25) is 0 Å². The van der Waals surface area contributed by atoms with E-state index >= 15 is 0 Å². The van der Waals surface area contributed by atoms with Gasteiger partial charge in [0.15, 0.2) is 0 Å². The van der Waals surface area contributed by atoms with Crippen LogP contribution in [0.2, 0.25) is 0 Å². The SMILES string of the molecule is Cc1c(OCC23CC(C2)C3)ccn2ccnc12. The number of hydrogen-bond donors (Lipinski definition) is 0. The van der Waals surface area contributed by atoms with Crippen molar-refractivity contribution in [2.75, 3.05) is 6.61 Å². The molecular formula is C14H16N2O. The van der Waals surface area contributed by atoms with Crippen LogP contribution in [-0.2, 0) is 0 Å². The van der Waals surface area contributed by atoms with Gasteiger partial charge in [0.1, 0.15) is 11.4 Å². The second kappa shape index (κ2) is 3.03. The third-order valence-corrected chi connectivity index (χ3v) is 4.46. The summed E-state index contributed by atoms with van der Waals surface area (Å²) in [5, 5.41) is 0. The number of fused-ring (bicyclic) bond motifs is 1. The van der Waals surface area contributed by atoms with Gasteiger partial charge in [-0.05, 0) is 38.2 Å². The third-order valence-electron chi connectivity index (χ3n) is 4.46. The summed E-state index contributed by atoms with van der Waals surface area (Å²) in [5.74, 6) is 2.02. The Morgan fingerprint density at radius 3 is 2.94 bits per heavy atom. The van der Waals surface area contributed by atoms with Crippen LogP contribution in [-0.4, -0.2) is 16.0 Å². The number of ether oxygens (including phenoxy) is 1. The zero-order chi connectivity index (χ0) is 11.5. The first-order valence-electron chi connectivity index (χ1n) is 6.31. The Balaban J connectivity index is 1.59. The molecule has 3 heteroatoms. The minimum absolute atomic E-state index is 0.540. The number of aromatic nitrogens is 2. The van der Waals surface area contributed by atoms with Crippen LogP contribution in [0.15, 0.2) is 24.7 Å². The largest absolute Gasteiger partial charge is 0.493 e. The van der Waals surface area contributed by atoms with Crippen molar-refractivity contribution >= 4 is 5.65 Å². The van der Waals surface area contributed by atoms with Gasteiger partial charge in [-0.25, -0.2) is 4.98 Å². The standard InChI is InChI=1S/C14H16N2O/c1-10-12(2-4-16-5-3-15-13(10)16)17-9-14-6-11(7-14)8-14/h2-5,11H,6-9H2,1H3. The number of nitrogens with zero attached hydrogens (tertiary/aromatic N) is 2. The lowest BCUT2D eigenvalue weighted by Crippen LogP contribution is -2.55. The highest BCUT2D eigenvalue weighted by atomic mass is 16.5. The Hall–Kier alpha value is -1.51. The Kier molecular flexibility index (Phi) is 1.70. The molecule has 0 saturated heterocycles. The van der Waals surface area contributed by atoms with Crippen LogP contribution in [0.5, 0.6) is 5.75 Å². The quantitative estimate of drug-likeness (QED) is 0.807. The molecule has 3 aliphatic carbocycles. The predicted octanol–water partition coefficient (Wildman–Crippen LogP) is 2.82. The molecule has 3 aliphatic rings. The lowest BCUT2D eigenvalue weighted by Gasteiger charge is -2.61. The topological polar surface area (TPSA) is 26.5 Å². The summed E-state index contributed by atoms with van der Waals surface area (Å²) < 4.78 is 8.04. The van der Waals surface area contributed by atoms with E-state index in [0.717, 1.165) is 29.5 Å². The first-order chi connectivity index (χ1) is 8.26. The van der Waals surface area contributed by atoms with E-state index in [-0.39, 0.29) is 0 Å². The van der Waals surface area contributed by atoms with Crippen LogP contribution >= 0.6 is 0 Å². The van der Waals surface area contributed by atoms with E-state index in [1.54, 1.807) is 0 Å². The summed E-state index contributed by atoms with van der Waals surface area (Å²) in [6.45, 7) is 2.97. The lowest BCUT2D eigenvalue weighted by molar-refractivity contribution is -0.131. The van der Waals surface area contributed by atoms with Crippen molar-refractivity contribution in [2.24, 2.45) is 11.3 Å². The van der Waals surface area contributed by atoms with E-state index < -0.39 is 0 Å². The predicted molar refractivity (Wildman–Crippen MR) is 65.2 cm³/mol. The highest BCUT2D eigenvalue weighted by molar-refractivity contribution is 5.54. The van der Waals surface area contributed by atoms with Crippen LogP contribution in [0, 0.1) is 18.3 Å². The summed E-state index contributed by atoms with van der Waals surface area (Å²) in [7, 11) is 0. The molecule has 2 heterocycles. The number of imidazole rings is 1. The molecule has 3 nitrogen and oxygen atoms in total. The number of pyridine rings is 1. The molecule has 2 aromatic heterocycles. The fraction of sp³-hybridized carbons (Fsp3) is 0.500. The highest BCUT2D eigenvalue weighted by Crippen LogP contribution is 2.64. The van der Waals surface area contributed by atoms with E-state index in [1.807, 2.05) is 23.0 Å². The van der Waals surface area contributed by atoms with E-state index in [1.165, 1.54) is 19.3 Å².